The van der Waals surface area contributed by atoms with Gasteiger partial charge >= 0.3 is 0 Å². The van der Waals surface area contributed by atoms with Crippen LogP contribution in [-0.2, 0) is 0 Å². The predicted molar refractivity (Wildman–Crippen MR) is 85.0 cm³/mol. The SMILES string of the molecule is Cc1ccccc1C1CC(NCC(C)(O)CC(C)C)C1. The molecule has 0 radical (unpaired) electrons. The molecule has 20 heavy (non-hydrogen) atoms. The van der Waals surface area contributed by atoms with Gasteiger partial charge in [-0.25, -0.2) is 0 Å². The topological polar surface area (TPSA) is 32.3 Å². The molecule has 0 aliphatic heterocycles. The Hall–Kier alpha value is -0.860. The van der Waals surface area contributed by atoms with Crippen LogP contribution in [0.4, 0.5) is 0 Å². The average molecular weight is 275 g/mol. The summed E-state index contributed by atoms with van der Waals surface area (Å²) >= 11 is 0. The molecule has 0 amide bonds. The van der Waals surface area contributed by atoms with Gasteiger partial charge in [0.25, 0.3) is 0 Å². The second kappa shape index (κ2) is 6.28. The van der Waals surface area contributed by atoms with Gasteiger partial charge in [-0.2, -0.15) is 0 Å². The fraction of sp³-hybridized carbons (Fsp3) is 0.667. The van der Waals surface area contributed by atoms with Crippen molar-refractivity contribution in [1.29, 1.82) is 0 Å². The van der Waals surface area contributed by atoms with Gasteiger partial charge in [0.2, 0.25) is 0 Å². The van der Waals surface area contributed by atoms with Gasteiger partial charge in [0.15, 0.2) is 0 Å². The highest BCUT2D eigenvalue weighted by Crippen LogP contribution is 2.38. The minimum absolute atomic E-state index is 0.535. The van der Waals surface area contributed by atoms with Crippen molar-refractivity contribution in [1.82, 2.24) is 5.32 Å². The maximum Gasteiger partial charge on any atom is 0.0746 e. The van der Waals surface area contributed by atoms with Gasteiger partial charge < -0.3 is 10.4 Å². The van der Waals surface area contributed by atoms with Crippen molar-refractivity contribution in [3.8, 4) is 0 Å². The van der Waals surface area contributed by atoms with Crippen LogP contribution >= 0.6 is 0 Å². The Morgan fingerprint density at radius 2 is 1.95 bits per heavy atom. The van der Waals surface area contributed by atoms with Gasteiger partial charge in [0, 0.05) is 12.6 Å². The fourth-order valence-electron chi connectivity index (χ4n) is 3.40. The largest absolute Gasteiger partial charge is 0.389 e. The molecule has 0 heterocycles. The molecule has 112 valence electrons. The Morgan fingerprint density at radius 1 is 1.30 bits per heavy atom. The summed E-state index contributed by atoms with van der Waals surface area (Å²) in [6, 6.07) is 9.26. The lowest BCUT2D eigenvalue weighted by Gasteiger charge is -2.39. The molecule has 2 heteroatoms. The summed E-state index contributed by atoms with van der Waals surface area (Å²) in [7, 11) is 0. The van der Waals surface area contributed by atoms with E-state index in [9.17, 15) is 5.11 Å². The molecule has 0 spiro atoms. The Bertz CT molecular complexity index is 433. The molecule has 0 saturated heterocycles. The second-order valence-electron chi connectivity index (χ2n) is 7.20. The van der Waals surface area contributed by atoms with Crippen LogP contribution in [0.2, 0.25) is 0 Å². The Kier molecular flexibility index (Phi) is 4.87. The lowest BCUT2D eigenvalue weighted by Crippen LogP contribution is -2.47. The van der Waals surface area contributed by atoms with Crippen LogP contribution in [0, 0.1) is 12.8 Å². The zero-order valence-corrected chi connectivity index (χ0v) is 13.3. The first-order valence-corrected chi connectivity index (χ1v) is 7.88. The zero-order chi connectivity index (χ0) is 14.8. The molecule has 0 aromatic heterocycles. The Labute approximate surface area is 123 Å². The number of nitrogens with one attached hydrogen (secondary N) is 1. The van der Waals surface area contributed by atoms with Crippen molar-refractivity contribution in [2.24, 2.45) is 5.92 Å². The molecule has 2 N–H and O–H groups in total. The van der Waals surface area contributed by atoms with E-state index in [4.69, 9.17) is 0 Å². The highest BCUT2D eigenvalue weighted by Gasteiger charge is 2.32. The van der Waals surface area contributed by atoms with Crippen LogP contribution in [0.5, 0.6) is 0 Å². The molecule has 1 fully saturated rings. The van der Waals surface area contributed by atoms with Gasteiger partial charge in [-0.15, -0.1) is 0 Å². The third kappa shape index (κ3) is 4.07. The first-order valence-electron chi connectivity index (χ1n) is 7.88. The summed E-state index contributed by atoms with van der Waals surface area (Å²) in [4.78, 5) is 0. The summed E-state index contributed by atoms with van der Waals surface area (Å²) < 4.78 is 0. The van der Waals surface area contributed by atoms with Crippen LogP contribution in [0.15, 0.2) is 24.3 Å². The normalized spacial score (nSPS) is 25.3. The minimum Gasteiger partial charge on any atom is -0.389 e. The van der Waals surface area contributed by atoms with Crippen molar-refractivity contribution in [2.75, 3.05) is 6.54 Å². The number of hydrogen-bond acceptors (Lipinski definition) is 2. The number of aryl methyl sites for hydroxylation is 1. The molecule has 1 unspecified atom stereocenters. The van der Waals surface area contributed by atoms with E-state index in [-0.39, 0.29) is 0 Å². The van der Waals surface area contributed by atoms with E-state index in [1.807, 2.05) is 6.92 Å². The van der Waals surface area contributed by atoms with Gasteiger partial charge in [0.1, 0.15) is 0 Å². The first-order chi connectivity index (χ1) is 9.37. The third-order valence-electron chi connectivity index (χ3n) is 4.39. The maximum absolute atomic E-state index is 10.3. The Balaban J connectivity index is 1.76. The average Bonchev–Trinajstić information content (AvgIpc) is 2.27. The number of rotatable bonds is 6. The molecule has 0 bridgehead atoms. The van der Waals surface area contributed by atoms with Crippen molar-refractivity contribution < 1.29 is 5.11 Å². The fourth-order valence-corrected chi connectivity index (χ4v) is 3.40. The van der Waals surface area contributed by atoms with E-state index in [1.165, 1.54) is 24.0 Å². The zero-order valence-electron chi connectivity index (χ0n) is 13.3. The quantitative estimate of drug-likeness (QED) is 0.831. The molecule has 2 rings (SSSR count). The molecular weight excluding hydrogens is 246 g/mol. The van der Waals surface area contributed by atoms with Crippen molar-refractivity contribution >= 4 is 0 Å². The summed E-state index contributed by atoms with van der Waals surface area (Å²) in [5.74, 6) is 1.23. The van der Waals surface area contributed by atoms with E-state index < -0.39 is 5.60 Å². The predicted octanol–water partition coefficient (Wildman–Crippen LogP) is 3.63. The van der Waals surface area contributed by atoms with Crippen LogP contribution in [0.25, 0.3) is 0 Å². The van der Waals surface area contributed by atoms with E-state index >= 15 is 0 Å². The molecule has 1 aromatic rings. The highest BCUT2D eigenvalue weighted by atomic mass is 16.3. The second-order valence-corrected chi connectivity index (χ2v) is 7.20. The number of aliphatic hydroxyl groups is 1. The monoisotopic (exact) mass is 275 g/mol. The lowest BCUT2D eigenvalue weighted by atomic mass is 9.74. The molecule has 1 saturated carbocycles. The first kappa shape index (κ1) is 15.5. The summed E-state index contributed by atoms with van der Waals surface area (Å²) in [6.07, 6.45) is 3.25. The molecule has 1 aromatic carbocycles. The molecule has 1 atom stereocenters. The molecule has 1 aliphatic carbocycles. The number of hydrogen-bond donors (Lipinski definition) is 2. The van der Waals surface area contributed by atoms with Crippen LogP contribution in [0.3, 0.4) is 0 Å². The van der Waals surface area contributed by atoms with Gasteiger partial charge in [-0.1, -0.05) is 38.1 Å². The van der Waals surface area contributed by atoms with E-state index in [0.29, 0.717) is 24.4 Å². The van der Waals surface area contributed by atoms with Crippen LogP contribution in [-0.4, -0.2) is 23.3 Å². The Morgan fingerprint density at radius 3 is 2.55 bits per heavy atom. The van der Waals surface area contributed by atoms with Gasteiger partial charge in [-0.05, 0) is 56.1 Å². The molecule has 2 nitrogen and oxygen atoms in total. The van der Waals surface area contributed by atoms with Gasteiger partial charge in [0.05, 0.1) is 5.60 Å². The van der Waals surface area contributed by atoms with Crippen molar-refractivity contribution in [3.05, 3.63) is 35.4 Å². The summed E-state index contributed by atoms with van der Waals surface area (Å²) in [6.45, 7) is 9.16. The van der Waals surface area contributed by atoms with Crippen LogP contribution in [0.1, 0.15) is 57.1 Å². The van der Waals surface area contributed by atoms with E-state index in [1.54, 1.807) is 0 Å². The maximum atomic E-state index is 10.3. The van der Waals surface area contributed by atoms with Crippen molar-refractivity contribution in [3.63, 3.8) is 0 Å². The van der Waals surface area contributed by atoms with E-state index in [0.717, 1.165) is 6.42 Å². The molecular formula is C18H29NO. The third-order valence-corrected chi connectivity index (χ3v) is 4.39. The highest BCUT2D eigenvalue weighted by molar-refractivity contribution is 5.31. The summed E-state index contributed by atoms with van der Waals surface area (Å²) in [5.41, 5.74) is 2.32. The number of benzene rings is 1. The van der Waals surface area contributed by atoms with Gasteiger partial charge in [-0.3, -0.25) is 0 Å². The minimum atomic E-state index is -0.581. The van der Waals surface area contributed by atoms with E-state index in [2.05, 4.69) is 50.4 Å². The smallest absolute Gasteiger partial charge is 0.0746 e. The molecule has 1 aliphatic rings. The standard InChI is InChI=1S/C18H29NO/c1-13(2)11-18(4,20)12-19-16-9-15(10-16)17-8-6-5-7-14(17)3/h5-8,13,15-16,19-20H,9-12H2,1-4H3. The van der Waals surface area contributed by atoms with Crippen molar-refractivity contribution in [2.45, 2.75) is 64.5 Å². The lowest BCUT2D eigenvalue weighted by molar-refractivity contribution is 0.0320. The summed E-state index contributed by atoms with van der Waals surface area (Å²) in [5, 5.41) is 13.9. The van der Waals surface area contributed by atoms with Crippen LogP contribution < -0.4 is 5.32 Å².